The number of rotatable bonds is 1. The molecule has 0 spiro atoms. The molecule has 1 aliphatic heterocycles. The zero-order valence-corrected chi connectivity index (χ0v) is 12.8. The fraction of sp³-hybridized carbons (Fsp3) is 0.368. The van der Waals surface area contributed by atoms with Gasteiger partial charge >= 0.3 is 0 Å². The highest BCUT2D eigenvalue weighted by molar-refractivity contribution is 7.99. The fourth-order valence-electron chi connectivity index (χ4n) is 4.08. The van der Waals surface area contributed by atoms with Gasteiger partial charge in [0.1, 0.15) is 5.82 Å². The summed E-state index contributed by atoms with van der Waals surface area (Å²) in [5.41, 5.74) is 3.95. The van der Waals surface area contributed by atoms with Gasteiger partial charge in [0.2, 0.25) is 0 Å². The van der Waals surface area contributed by atoms with Gasteiger partial charge in [-0.3, -0.25) is 0 Å². The molecule has 4 rings (SSSR count). The minimum atomic E-state index is -0.0329. The van der Waals surface area contributed by atoms with Crippen LogP contribution in [-0.4, -0.2) is 5.75 Å². The van der Waals surface area contributed by atoms with Crippen molar-refractivity contribution in [2.75, 3.05) is 5.75 Å². The normalized spacial score (nSPS) is 27.8. The lowest BCUT2D eigenvalue weighted by Crippen LogP contribution is -2.29. The predicted molar refractivity (Wildman–Crippen MR) is 87.2 cm³/mol. The average Bonchev–Trinajstić information content (AvgIpc) is 2.55. The summed E-state index contributed by atoms with van der Waals surface area (Å²) in [7, 11) is 0. The monoisotopic (exact) mass is 298 g/mol. The Morgan fingerprint density at radius 3 is 2.52 bits per heavy atom. The number of benzene rings is 2. The van der Waals surface area contributed by atoms with E-state index in [0.29, 0.717) is 17.1 Å². The summed E-state index contributed by atoms with van der Waals surface area (Å²) in [5.74, 6) is 2.29. The molecule has 2 heteroatoms. The molecular weight excluding hydrogens is 279 g/mol. The van der Waals surface area contributed by atoms with Crippen molar-refractivity contribution < 1.29 is 4.39 Å². The lowest BCUT2D eigenvalue weighted by molar-refractivity contribution is 0.342. The lowest BCUT2D eigenvalue weighted by Gasteiger charge is -2.42. The molecule has 0 amide bonds. The van der Waals surface area contributed by atoms with Crippen LogP contribution < -0.4 is 0 Å². The van der Waals surface area contributed by atoms with Gasteiger partial charge in [-0.2, -0.15) is 11.8 Å². The van der Waals surface area contributed by atoms with E-state index >= 15 is 0 Å². The summed E-state index contributed by atoms with van der Waals surface area (Å²) in [6, 6.07) is 16.2. The van der Waals surface area contributed by atoms with Gasteiger partial charge in [-0.1, -0.05) is 42.5 Å². The molecule has 0 bridgehead atoms. The molecule has 0 saturated carbocycles. The molecule has 2 aliphatic rings. The van der Waals surface area contributed by atoms with Crippen LogP contribution >= 0.6 is 11.8 Å². The third-order valence-electron chi connectivity index (χ3n) is 5.05. The van der Waals surface area contributed by atoms with E-state index in [1.165, 1.54) is 24.0 Å². The highest BCUT2D eigenvalue weighted by Gasteiger charge is 2.39. The molecule has 2 aromatic rings. The first kappa shape index (κ1) is 13.4. The molecule has 1 fully saturated rings. The van der Waals surface area contributed by atoms with Crippen LogP contribution in [0.15, 0.2) is 48.5 Å². The van der Waals surface area contributed by atoms with Gasteiger partial charge in [-0.15, -0.1) is 0 Å². The van der Waals surface area contributed by atoms with Crippen molar-refractivity contribution in [1.29, 1.82) is 0 Å². The first-order valence-corrected chi connectivity index (χ1v) is 8.83. The Morgan fingerprint density at radius 2 is 1.67 bits per heavy atom. The lowest BCUT2D eigenvalue weighted by atomic mass is 9.71. The molecule has 0 aromatic heterocycles. The van der Waals surface area contributed by atoms with E-state index in [-0.39, 0.29) is 5.82 Å². The van der Waals surface area contributed by atoms with Crippen molar-refractivity contribution in [3.8, 4) is 0 Å². The molecule has 1 saturated heterocycles. The topological polar surface area (TPSA) is 0 Å². The molecule has 0 nitrogen and oxygen atoms in total. The van der Waals surface area contributed by atoms with Gasteiger partial charge in [-0.05, 0) is 54.0 Å². The Balaban J connectivity index is 1.72. The molecular formula is C19H19FS. The van der Waals surface area contributed by atoms with Crippen molar-refractivity contribution in [2.45, 2.75) is 30.4 Å². The van der Waals surface area contributed by atoms with Gasteiger partial charge < -0.3 is 0 Å². The summed E-state index contributed by atoms with van der Waals surface area (Å²) in [6.07, 6.45) is 3.56. The zero-order valence-electron chi connectivity index (χ0n) is 12.0. The van der Waals surface area contributed by atoms with Crippen molar-refractivity contribution in [2.24, 2.45) is 5.92 Å². The Hall–Kier alpha value is -1.28. The maximum Gasteiger partial charge on any atom is 0.127 e. The van der Waals surface area contributed by atoms with Crippen molar-refractivity contribution >= 4 is 11.8 Å². The van der Waals surface area contributed by atoms with Crippen LogP contribution in [-0.2, 0) is 6.42 Å². The van der Waals surface area contributed by atoms with E-state index in [1.54, 1.807) is 12.1 Å². The molecule has 1 aliphatic carbocycles. The zero-order chi connectivity index (χ0) is 14.2. The molecule has 3 atom stereocenters. The van der Waals surface area contributed by atoms with E-state index in [4.69, 9.17) is 0 Å². The Kier molecular flexibility index (Phi) is 3.50. The maximum atomic E-state index is 14.2. The van der Waals surface area contributed by atoms with Crippen LogP contribution in [0.4, 0.5) is 4.39 Å². The van der Waals surface area contributed by atoms with Crippen molar-refractivity contribution in [3.63, 3.8) is 0 Å². The predicted octanol–water partition coefficient (Wildman–Crippen LogP) is 5.35. The van der Waals surface area contributed by atoms with Crippen LogP contribution in [0.2, 0.25) is 0 Å². The Morgan fingerprint density at radius 1 is 0.905 bits per heavy atom. The number of hydrogen-bond donors (Lipinski definition) is 0. The summed E-state index contributed by atoms with van der Waals surface area (Å²) >= 11 is 1.95. The number of fused-ring (bicyclic) bond motifs is 3. The molecule has 0 radical (unpaired) electrons. The smallest absolute Gasteiger partial charge is 0.127 e. The molecule has 2 aromatic carbocycles. The van der Waals surface area contributed by atoms with E-state index in [9.17, 15) is 4.39 Å². The summed E-state index contributed by atoms with van der Waals surface area (Å²) in [4.78, 5) is 0. The fourth-order valence-corrected chi connectivity index (χ4v) is 5.67. The van der Waals surface area contributed by atoms with Gasteiger partial charge in [-0.25, -0.2) is 4.39 Å². The second kappa shape index (κ2) is 5.49. The van der Waals surface area contributed by atoms with Gasteiger partial charge in [0.05, 0.1) is 0 Å². The number of aryl methyl sites for hydroxylation is 1. The highest BCUT2D eigenvalue weighted by atomic mass is 32.2. The maximum absolute atomic E-state index is 14.2. The van der Waals surface area contributed by atoms with Crippen molar-refractivity contribution in [3.05, 3.63) is 71.0 Å². The summed E-state index contributed by atoms with van der Waals surface area (Å²) < 4.78 is 14.2. The van der Waals surface area contributed by atoms with Crippen LogP contribution in [0.25, 0.3) is 0 Å². The van der Waals surface area contributed by atoms with E-state index in [2.05, 4.69) is 24.3 Å². The van der Waals surface area contributed by atoms with Crippen molar-refractivity contribution in [1.82, 2.24) is 0 Å². The SMILES string of the molecule is Fc1ccccc1[C@@H]1SCC[C@@H]2c3ccccc3CC[C@H]21. The second-order valence-corrected chi connectivity index (χ2v) is 7.36. The van der Waals surface area contributed by atoms with E-state index in [0.717, 1.165) is 17.7 Å². The quantitative estimate of drug-likeness (QED) is 0.684. The van der Waals surface area contributed by atoms with Gasteiger partial charge in [0.25, 0.3) is 0 Å². The first-order valence-electron chi connectivity index (χ1n) is 7.78. The second-order valence-electron chi connectivity index (χ2n) is 6.11. The van der Waals surface area contributed by atoms with Crippen LogP contribution in [0, 0.1) is 11.7 Å². The Labute approximate surface area is 129 Å². The van der Waals surface area contributed by atoms with E-state index in [1.807, 2.05) is 23.9 Å². The molecule has 0 N–H and O–H groups in total. The third kappa shape index (κ3) is 2.30. The molecule has 108 valence electrons. The number of halogens is 1. The van der Waals surface area contributed by atoms with Gasteiger partial charge in [0.15, 0.2) is 0 Å². The first-order chi connectivity index (χ1) is 10.3. The van der Waals surface area contributed by atoms with E-state index < -0.39 is 0 Å². The standard InChI is InChI=1S/C19H19FS/c20-18-8-4-3-7-17(18)19-16-10-9-13-5-1-2-6-14(13)15(16)11-12-21-19/h1-8,15-16,19H,9-12H2/t15-,16-,19-/m1/s1. The highest BCUT2D eigenvalue weighted by Crippen LogP contribution is 2.54. The summed E-state index contributed by atoms with van der Waals surface area (Å²) in [5, 5.41) is 0.318. The largest absolute Gasteiger partial charge is 0.207 e. The minimum Gasteiger partial charge on any atom is -0.207 e. The van der Waals surface area contributed by atoms with Crippen LogP contribution in [0.1, 0.15) is 40.7 Å². The molecule has 1 heterocycles. The molecule has 21 heavy (non-hydrogen) atoms. The molecule has 0 unspecified atom stereocenters. The Bertz CT molecular complexity index is 652. The van der Waals surface area contributed by atoms with Gasteiger partial charge in [0, 0.05) is 10.8 Å². The number of hydrogen-bond acceptors (Lipinski definition) is 1. The summed E-state index contributed by atoms with van der Waals surface area (Å²) in [6.45, 7) is 0. The van der Waals surface area contributed by atoms with Crippen LogP contribution in [0.3, 0.4) is 0 Å². The van der Waals surface area contributed by atoms with Crippen LogP contribution in [0.5, 0.6) is 0 Å². The number of thioether (sulfide) groups is 1. The third-order valence-corrected chi connectivity index (χ3v) is 6.48. The minimum absolute atomic E-state index is 0.0329. The average molecular weight is 298 g/mol.